The van der Waals surface area contributed by atoms with Gasteiger partial charge >= 0.3 is 6.16 Å². The summed E-state index contributed by atoms with van der Waals surface area (Å²) in [6.45, 7) is 1.77. The van der Waals surface area contributed by atoms with Gasteiger partial charge in [0.25, 0.3) is 0 Å². The Balaban J connectivity index is 2.64. The summed E-state index contributed by atoms with van der Waals surface area (Å²) in [5.74, 6) is 0. The molecule has 0 bridgehead atoms. The molecular formula is C7H8O4. The van der Waals surface area contributed by atoms with Crippen molar-refractivity contribution >= 4 is 12.4 Å². The van der Waals surface area contributed by atoms with E-state index < -0.39 is 18.4 Å². The molecule has 2 unspecified atom stereocenters. The standard InChI is InChI=1S/C7H8O4/c1-2-3-5-6(4-8)11-7(9)10-5/h2-6H,1H3/b3-2+. The van der Waals surface area contributed by atoms with E-state index in [2.05, 4.69) is 9.47 Å². The minimum Gasteiger partial charge on any atom is -0.422 e. The highest BCUT2D eigenvalue weighted by Crippen LogP contribution is 2.14. The molecule has 0 saturated carbocycles. The van der Waals surface area contributed by atoms with E-state index in [1.165, 1.54) is 0 Å². The maximum atomic E-state index is 10.5. The van der Waals surface area contributed by atoms with E-state index in [9.17, 15) is 9.59 Å². The van der Waals surface area contributed by atoms with Gasteiger partial charge in [-0.05, 0) is 13.0 Å². The largest absolute Gasteiger partial charge is 0.509 e. The summed E-state index contributed by atoms with van der Waals surface area (Å²) in [6, 6.07) is 0. The maximum Gasteiger partial charge on any atom is 0.509 e. The third-order valence-electron chi connectivity index (χ3n) is 1.30. The quantitative estimate of drug-likeness (QED) is 0.335. The molecule has 0 N–H and O–H groups in total. The van der Waals surface area contributed by atoms with Gasteiger partial charge in [0.1, 0.15) is 0 Å². The molecule has 0 radical (unpaired) electrons. The first kappa shape index (κ1) is 7.78. The maximum absolute atomic E-state index is 10.5. The Hall–Kier alpha value is -1.32. The van der Waals surface area contributed by atoms with Crippen LogP contribution in [-0.2, 0) is 14.3 Å². The highest BCUT2D eigenvalue weighted by molar-refractivity contribution is 5.71. The Kier molecular flexibility index (Phi) is 2.25. The van der Waals surface area contributed by atoms with Crippen LogP contribution in [0.2, 0.25) is 0 Å². The van der Waals surface area contributed by atoms with E-state index in [1.807, 2.05) is 0 Å². The highest BCUT2D eigenvalue weighted by Gasteiger charge is 2.34. The fourth-order valence-electron chi connectivity index (χ4n) is 0.828. The first-order valence-electron chi connectivity index (χ1n) is 3.23. The highest BCUT2D eigenvalue weighted by atomic mass is 16.8. The molecule has 11 heavy (non-hydrogen) atoms. The summed E-state index contributed by atoms with van der Waals surface area (Å²) in [6.07, 6.45) is 1.73. The lowest BCUT2D eigenvalue weighted by atomic mass is 10.2. The molecule has 1 aliphatic rings. The van der Waals surface area contributed by atoms with Crippen LogP contribution >= 0.6 is 0 Å². The number of carbonyl (C=O) groups is 2. The van der Waals surface area contributed by atoms with Gasteiger partial charge in [-0.15, -0.1) is 0 Å². The molecule has 2 atom stereocenters. The Morgan fingerprint density at radius 2 is 2.00 bits per heavy atom. The molecule has 60 valence electrons. The number of ether oxygens (including phenoxy) is 2. The van der Waals surface area contributed by atoms with Crippen molar-refractivity contribution < 1.29 is 19.1 Å². The Labute approximate surface area is 63.8 Å². The zero-order chi connectivity index (χ0) is 8.27. The van der Waals surface area contributed by atoms with E-state index >= 15 is 0 Å². The van der Waals surface area contributed by atoms with Gasteiger partial charge in [-0.1, -0.05) is 6.08 Å². The van der Waals surface area contributed by atoms with Crippen LogP contribution in [0.25, 0.3) is 0 Å². The molecule has 1 rings (SSSR count). The van der Waals surface area contributed by atoms with Crippen molar-refractivity contribution in [2.75, 3.05) is 0 Å². The third kappa shape index (κ3) is 1.58. The molecule has 0 aromatic rings. The minimum atomic E-state index is -0.787. The molecule has 1 fully saturated rings. The van der Waals surface area contributed by atoms with Crippen LogP contribution in [0.5, 0.6) is 0 Å². The number of hydrogen-bond donors (Lipinski definition) is 0. The van der Waals surface area contributed by atoms with Crippen molar-refractivity contribution in [1.82, 2.24) is 0 Å². The number of rotatable bonds is 2. The zero-order valence-corrected chi connectivity index (χ0v) is 6.02. The van der Waals surface area contributed by atoms with Crippen LogP contribution < -0.4 is 0 Å². The summed E-state index contributed by atoms with van der Waals surface area (Å²) in [7, 11) is 0. The van der Waals surface area contributed by atoms with Crippen molar-refractivity contribution in [1.29, 1.82) is 0 Å². The second-order valence-electron chi connectivity index (χ2n) is 2.08. The molecule has 4 heteroatoms. The van der Waals surface area contributed by atoms with Crippen molar-refractivity contribution in [3.63, 3.8) is 0 Å². The first-order valence-corrected chi connectivity index (χ1v) is 3.23. The van der Waals surface area contributed by atoms with Crippen molar-refractivity contribution in [3.05, 3.63) is 12.2 Å². The topological polar surface area (TPSA) is 52.6 Å². The molecule has 0 aromatic carbocycles. The smallest absolute Gasteiger partial charge is 0.422 e. The fourth-order valence-corrected chi connectivity index (χ4v) is 0.828. The average molecular weight is 156 g/mol. The molecule has 1 aliphatic heterocycles. The van der Waals surface area contributed by atoms with Crippen molar-refractivity contribution in [2.45, 2.75) is 19.1 Å². The van der Waals surface area contributed by atoms with Gasteiger partial charge in [0.2, 0.25) is 6.10 Å². The molecule has 1 saturated heterocycles. The number of allylic oxidation sites excluding steroid dienone is 1. The average Bonchev–Trinajstić information content (AvgIpc) is 2.32. The molecule has 1 heterocycles. The molecule has 4 nitrogen and oxygen atoms in total. The summed E-state index contributed by atoms with van der Waals surface area (Å²) >= 11 is 0. The van der Waals surface area contributed by atoms with E-state index in [0.717, 1.165) is 0 Å². The molecule has 0 aliphatic carbocycles. The summed E-state index contributed by atoms with van der Waals surface area (Å²) in [4.78, 5) is 20.7. The number of cyclic esters (lactones) is 2. The lowest BCUT2D eigenvalue weighted by Crippen LogP contribution is -2.21. The summed E-state index contributed by atoms with van der Waals surface area (Å²) in [5, 5.41) is 0. The predicted molar refractivity (Wildman–Crippen MR) is 36.0 cm³/mol. The molecule has 0 amide bonds. The molecule has 0 spiro atoms. The number of aldehydes is 1. The van der Waals surface area contributed by atoms with E-state index in [0.29, 0.717) is 6.29 Å². The summed E-state index contributed by atoms with van der Waals surface area (Å²) in [5.41, 5.74) is 0. The van der Waals surface area contributed by atoms with Crippen molar-refractivity contribution in [2.24, 2.45) is 0 Å². The van der Waals surface area contributed by atoms with Gasteiger partial charge in [-0.2, -0.15) is 0 Å². The number of carbonyl (C=O) groups excluding carboxylic acids is 2. The van der Waals surface area contributed by atoms with Crippen molar-refractivity contribution in [3.8, 4) is 0 Å². The van der Waals surface area contributed by atoms with Crippen LogP contribution in [0, 0.1) is 0 Å². The Bertz CT molecular complexity index is 197. The normalized spacial score (nSPS) is 30.1. The van der Waals surface area contributed by atoms with Gasteiger partial charge in [0, 0.05) is 0 Å². The lowest BCUT2D eigenvalue weighted by Gasteiger charge is -2.02. The number of hydrogen-bond acceptors (Lipinski definition) is 4. The fraction of sp³-hybridized carbons (Fsp3) is 0.429. The molecule has 0 aromatic heterocycles. The Morgan fingerprint density at radius 3 is 2.55 bits per heavy atom. The predicted octanol–water partition coefficient (Wildman–Crippen LogP) is 0.665. The van der Waals surface area contributed by atoms with Gasteiger partial charge < -0.3 is 9.47 Å². The van der Waals surface area contributed by atoms with Gasteiger partial charge in [-0.3, -0.25) is 4.79 Å². The van der Waals surface area contributed by atoms with Crippen LogP contribution in [0.3, 0.4) is 0 Å². The third-order valence-corrected chi connectivity index (χ3v) is 1.30. The zero-order valence-electron chi connectivity index (χ0n) is 6.02. The van der Waals surface area contributed by atoms with Crippen LogP contribution in [0.4, 0.5) is 4.79 Å². The van der Waals surface area contributed by atoms with Crippen LogP contribution in [0.15, 0.2) is 12.2 Å². The molecular weight excluding hydrogens is 148 g/mol. The summed E-state index contributed by atoms with van der Waals surface area (Å²) < 4.78 is 9.12. The second kappa shape index (κ2) is 3.18. The van der Waals surface area contributed by atoms with Crippen LogP contribution in [-0.4, -0.2) is 24.6 Å². The van der Waals surface area contributed by atoms with E-state index in [1.54, 1.807) is 19.1 Å². The van der Waals surface area contributed by atoms with E-state index in [-0.39, 0.29) is 0 Å². The Morgan fingerprint density at radius 1 is 1.36 bits per heavy atom. The van der Waals surface area contributed by atoms with Gasteiger partial charge in [0.15, 0.2) is 12.4 Å². The lowest BCUT2D eigenvalue weighted by molar-refractivity contribution is -0.114. The second-order valence-corrected chi connectivity index (χ2v) is 2.08. The van der Waals surface area contributed by atoms with Crippen LogP contribution in [0.1, 0.15) is 6.92 Å². The SMILES string of the molecule is C/C=C/C1OC(=O)OC1C=O. The van der Waals surface area contributed by atoms with Gasteiger partial charge in [-0.25, -0.2) is 4.79 Å². The first-order chi connectivity index (χ1) is 5.27. The van der Waals surface area contributed by atoms with Gasteiger partial charge in [0.05, 0.1) is 0 Å². The van der Waals surface area contributed by atoms with E-state index in [4.69, 9.17) is 0 Å². The minimum absolute atomic E-state index is 0.551. The monoisotopic (exact) mass is 156 g/mol.